The van der Waals surface area contributed by atoms with E-state index in [0.29, 0.717) is 23.3 Å². The number of carbonyl (C=O) groups excluding carboxylic acids is 2. The summed E-state index contributed by atoms with van der Waals surface area (Å²) >= 11 is 0. The molecule has 1 heterocycles. The summed E-state index contributed by atoms with van der Waals surface area (Å²) in [6, 6.07) is 11.5. The van der Waals surface area contributed by atoms with Gasteiger partial charge in [-0.25, -0.2) is 13.8 Å². The Morgan fingerprint density at radius 3 is 2.42 bits per heavy atom. The summed E-state index contributed by atoms with van der Waals surface area (Å²) in [6.07, 6.45) is 4.08. The van der Waals surface area contributed by atoms with Crippen LogP contribution in [-0.4, -0.2) is 41.0 Å². The molecule has 5 nitrogen and oxygen atoms in total. The first-order chi connectivity index (χ1) is 14.9. The third-order valence-electron chi connectivity index (χ3n) is 6.06. The minimum absolute atomic E-state index is 0.0305. The van der Waals surface area contributed by atoms with Crippen LogP contribution in [-0.2, 0) is 9.59 Å². The molecule has 2 amide bonds. The number of halogens is 2. The van der Waals surface area contributed by atoms with E-state index in [-0.39, 0.29) is 30.1 Å². The van der Waals surface area contributed by atoms with Crippen molar-refractivity contribution >= 4 is 17.5 Å². The summed E-state index contributed by atoms with van der Waals surface area (Å²) in [7, 11) is 1.62. The fraction of sp³-hybridized carbons (Fsp3) is 0.375. The van der Waals surface area contributed by atoms with E-state index >= 15 is 0 Å². The van der Waals surface area contributed by atoms with Crippen LogP contribution >= 0.6 is 0 Å². The molecule has 0 saturated heterocycles. The normalized spacial score (nSPS) is 18.9. The summed E-state index contributed by atoms with van der Waals surface area (Å²) in [4.78, 5) is 27.2. The van der Waals surface area contributed by atoms with Crippen LogP contribution in [0.1, 0.15) is 49.3 Å². The Balaban J connectivity index is 1.58. The molecule has 0 radical (unpaired) electrons. The van der Waals surface area contributed by atoms with Gasteiger partial charge in [0.25, 0.3) is 5.91 Å². The molecule has 1 atom stereocenters. The van der Waals surface area contributed by atoms with Gasteiger partial charge in [-0.1, -0.05) is 43.2 Å². The lowest BCUT2D eigenvalue weighted by atomic mass is 9.98. The van der Waals surface area contributed by atoms with Gasteiger partial charge in [-0.15, -0.1) is 0 Å². The molecular formula is C24H25F2N3O2. The predicted octanol–water partition coefficient (Wildman–Crippen LogP) is 4.29. The molecule has 0 aromatic heterocycles. The van der Waals surface area contributed by atoms with Gasteiger partial charge < -0.3 is 4.90 Å². The van der Waals surface area contributed by atoms with Gasteiger partial charge >= 0.3 is 0 Å². The van der Waals surface area contributed by atoms with Crippen molar-refractivity contribution in [2.24, 2.45) is 11.0 Å². The van der Waals surface area contributed by atoms with Gasteiger partial charge in [0, 0.05) is 24.9 Å². The molecule has 4 rings (SSSR count). The first-order valence-corrected chi connectivity index (χ1v) is 10.6. The zero-order chi connectivity index (χ0) is 22.0. The van der Waals surface area contributed by atoms with Gasteiger partial charge in [0.15, 0.2) is 0 Å². The SMILES string of the molecule is CN(CC(=O)N1N=C(c2ccc(F)cc2)CC1c1ccccc1F)C(=O)C1CCCC1. The van der Waals surface area contributed by atoms with Crippen LogP contribution in [0.4, 0.5) is 8.78 Å². The number of rotatable bonds is 5. The molecule has 1 saturated carbocycles. The summed E-state index contributed by atoms with van der Waals surface area (Å²) in [5.41, 5.74) is 1.61. The molecule has 0 spiro atoms. The van der Waals surface area contributed by atoms with E-state index < -0.39 is 11.9 Å². The van der Waals surface area contributed by atoms with Gasteiger partial charge in [-0.3, -0.25) is 9.59 Å². The van der Waals surface area contributed by atoms with Crippen LogP contribution in [0.5, 0.6) is 0 Å². The van der Waals surface area contributed by atoms with Crippen molar-refractivity contribution in [3.05, 3.63) is 71.3 Å². The van der Waals surface area contributed by atoms with Gasteiger partial charge in [0.1, 0.15) is 18.2 Å². The minimum atomic E-state index is -0.622. The van der Waals surface area contributed by atoms with Crippen molar-refractivity contribution in [1.82, 2.24) is 9.91 Å². The van der Waals surface area contributed by atoms with Gasteiger partial charge in [0.05, 0.1) is 11.8 Å². The lowest BCUT2D eigenvalue weighted by molar-refractivity contribution is -0.142. The maximum Gasteiger partial charge on any atom is 0.262 e. The van der Waals surface area contributed by atoms with Crippen LogP contribution < -0.4 is 0 Å². The van der Waals surface area contributed by atoms with Crippen molar-refractivity contribution in [2.75, 3.05) is 13.6 Å². The van der Waals surface area contributed by atoms with Crippen LogP contribution in [0.2, 0.25) is 0 Å². The number of hydrogen-bond acceptors (Lipinski definition) is 3. The second-order valence-electron chi connectivity index (χ2n) is 8.21. The van der Waals surface area contributed by atoms with Crippen LogP contribution in [0.3, 0.4) is 0 Å². The molecule has 1 aliphatic carbocycles. The molecule has 31 heavy (non-hydrogen) atoms. The Kier molecular flexibility index (Phi) is 6.11. The Morgan fingerprint density at radius 2 is 1.74 bits per heavy atom. The second-order valence-corrected chi connectivity index (χ2v) is 8.21. The maximum absolute atomic E-state index is 14.6. The molecule has 1 fully saturated rings. The summed E-state index contributed by atoms with van der Waals surface area (Å²) in [5, 5.41) is 5.74. The lowest BCUT2D eigenvalue weighted by Gasteiger charge is -2.26. The van der Waals surface area contributed by atoms with Gasteiger partial charge in [-0.05, 0) is 36.6 Å². The number of hydrogen-bond donors (Lipinski definition) is 0. The van der Waals surface area contributed by atoms with Crippen LogP contribution in [0, 0.1) is 17.6 Å². The van der Waals surface area contributed by atoms with E-state index in [0.717, 1.165) is 25.7 Å². The van der Waals surface area contributed by atoms with Gasteiger partial charge in [-0.2, -0.15) is 5.10 Å². The topological polar surface area (TPSA) is 53.0 Å². The molecule has 1 aliphatic heterocycles. The first-order valence-electron chi connectivity index (χ1n) is 10.6. The number of amides is 2. The highest BCUT2D eigenvalue weighted by Crippen LogP contribution is 2.34. The average Bonchev–Trinajstić information content (AvgIpc) is 3.44. The van der Waals surface area contributed by atoms with Crippen LogP contribution in [0.25, 0.3) is 0 Å². The van der Waals surface area contributed by atoms with E-state index in [1.54, 1.807) is 37.4 Å². The quantitative estimate of drug-likeness (QED) is 0.718. The molecule has 0 N–H and O–H groups in total. The molecule has 2 aliphatic rings. The molecule has 1 unspecified atom stereocenters. The number of likely N-dealkylation sites (N-methyl/N-ethyl adjacent to an activating group) is 1. The van der Waals surface area contributed by atoms with E-state index in [4.69, 9.17) is 0 Å². The van der Waals surface area contributed by atoms with Crippen molar-refractivity contribution in [3.8, 4) is 0 Å². The molecule has 7 heteroatoms. The average molecular weight is 425 g/mol. The fourth-order valence-corrected chi connectivity index (χ4v) is 4.38. The highest BCUT2D eigenvalue weighted by molar-refractivity contribution is 6.03. The third-order valence-corrected chi connectivity index (χ3v) is 6.06. The second kappa shape index (κ2) is 8.96. The number of benzene rings is 2. The van der Waals surface area contributed by atoms with Crippen LogP contribution in [0.15, 0.2) is 53.6 Å². The zero-order valence-corrected chi connectivity index (χ0v) is 17.4. The maximum atomic E-state index is 14.6. The van der Waals surface area contributed by atoms with E-state index in [1.165, 1.54) is 28.1 Å². The van der Waals surface area contributed by atoms with E-state index in [2.05, 4.69) is 5.10 Å². The Morgan fingerprint density at radius 1 is 1.06 bits per heavy atom. The van der Waals surface area contributed by atoms with Gasteiger partial charge in [0.2, 0.25) is 5.91 Å². The number of hydrazone groups is 1. The highest BCUT2D eigenvalue weighted by atomic mass is 19.1. The lowest BCUT2D eigenvalue weighted by Crippen LogP contribution is -2.41. The summed E-state index contributed by atoms with van der Waals surface area (Å²) < 4.78 is 27.9. The third kappa shape index (κ3) is 4.50. The van der Waals surface area contributed by atoms with E-state index in [9.17, 15) is 18.4 Å². The Bertz CT molecular complexity index is 1000. The molecule has 0 bridgehead atoms. The summed E-state index contributed by atoms with van der Waals surface area (Å²) in [6.45, 7) is -0.125. The highest BCUT2D eigenvalue weighted by Gasteiger charge is 2.36. The predicted molar refractivity (Wildman–Crippen MR) is 113 cm³/mol. The molecular weight excluding hydrogens is 400 g/mol. The molecule has 2 aromatic rings. The zero-order valence-electron chi connectivity index (χ0n) is 17.4. The number of carbonyl (C=O) groups is 2. The largest absolute Gasteiger partial charge is 0.336 e. The van der Waals surface area contributed by atoms with E-state index in [1.807, 2.05) is 0 Å². The molecule has 2 aromatic carbocycles. The van der Waals surface area contributed by atoms with Crippen molar-refractivity contribution < 1.29 is 18.4 Å². The monoisotopic (exact) mass is 425 g/mol. The fourth-order valence-electron chi connectivity index (χ4n) is 4.38. The van der Waals surface area contributed by atoms with Crippen molar-refractivity contribution in [1.29, 1.82) is 0 Å². The Labute approximate surface area is 180 Å². The van der Waals surface area contributed by atoms with Crippen molar-refractivity contribution in [2.45, 2.75) is 38.1 Å². The first kappa shape index (κ1) is 21.2. The number of nitrogens with zero attached hydrogens (tertiary/aromatic N) is 3. The smallest absolute Gasteiger partial charge is 0.262 e. The standard InChI is InChI=1S/C24H25F2N3O2/c1-28(24(31)17-6-2-3-7-17)15-23(30)29-22(19-8-4-5-9-20(19)26)14-21(27-29)16-10-12-18(25)13-11-16/h4-5,8-13,17,22H,2-3,6-7,14-15H2,1H3. The minimum Gasteiger partial charge on any atom is -0.336 e. The van der Waals surface area contributed by atoms with Crippen molar-refractivity contribution in [3.63, 3.8) is 0 Å². The summed E-state index contributed by atoms with van der Waals surface area (Å²) in [5.74, 6) is -1.23. The molecule has 162 valence electrons. The Hall–Kier alpha value is -3.09.